The van der Waals surface area contributed by atoms with Crippen molar-refractivity contribution < 1.29 is 0 Å². The maximum atomic E-state index is 3.30. The van der Waals surface area contributed by atoms with Crippen LogP contribution in [0.3, 0.4) is 0 Å². The quantitative estimate of drug-likeness (QED) is 0.760. The lowest BCUT2D eigenvalue weighted by Gasteiger charge is -2.39. The number of hydrogen-bond donors (Lipinski definition) is 1. The van der Waals surface area contributed by atoms with E-state index in [4.69, 9.17) is 0 Å². The molecule has 0 spiro atoms. The molecule has 1 aliphatic carbocycles. The highest BCUT2D eigenvalue weighted by molar-refractivity contribution is 5.01. The predicted molar refractivity (Wildman–Crippen MR) is 62.9 cm³/mol. The number of nitrogens with one attached hydrogen (secondary N) is 1. The fourth-order valence-corrected chi connectivity index (χ4v) is 3.88. The summed E-state index contributed by atoms with van der Waals surface area (Å²) in [7, 11) is 2.08. The van der Waals surface area contributed by atoms with Gasteiger partial charge in [-0.3, -0.25) is 4.90 Å². The number of piperidine rings is 1. The molecule has 3 fully saturated rings. The van der Waals surface area contributed by atoms with Crippen molar-refractivity contribution in [2.24, 2.45) is 5.92 Å². The molecule has 0 aromatic carbocycles. The summed E-state index contributed by atoms with van der Waals surface area (Å²) in [5.74, 6) is 1.02. The van der Waals surface area contributed by atoms with Gasteiger partial charge >= 0.3 is 0 Å². The normalized spacial score (nSPS) is 41.0. The van der Waals surface area contributed by atoms with Gasteiger partial charge in [-0.05, 0) is 64.5 Å². The van der Waals surface area contributed by atoms with Crippen LogP contribution in [-0.2, 0) is 0 Å². The topological polar surface area (TPSA) is 15.3 Å². The molecule has 3 rings (SSSR count). The van der Waals surface area contributed by atoms with Crippen LogP contribution in [0.1, 0.15) is 44.9 Å². The van der Waals surface area contributed by atoms with Crippen molar-refractivity contribution in [3.63, 3.8) is 0 Å². The first-order chi connectivity index (χ1) is 7.38. The maximum absolute atomic E-state index is 3.30. The molecular formula is C13H24N2. The van der Waals surface area contributed by atoms with Gasteiger partial charge in [-0.2, -0.15) is 0 Å². The highest BCUT2D eigenvalue weighted by Crippen LogP contribution is 2.45. The van der Waals surface area contributed by atoms with Crippen molar-refractivity contribution in [3.05, 3.63) is 0 Å². The zero-order valence-electron chi connectivity index (χ0n) is 9.91. The monoisotopic (exact) mass is 208 g/mol. The van der Waals surface area contributed by atoms with E-state index in [0.717, 1.165) is 24.0 Å². The van der Waals surface area contributed by atoms with Gasteiger partial charge in [-0.1, -0.05) is 0 Å². The molecule has 3 aliphatic rings. The van der Waals surface area contributed by atoms with Crippen molar-refractivity contribution in [3.8, 4) is 0 Å². The van der Waals surface area contributed by atoms with Crippen LogP contribution in [0.15, 0.2) is 0 Å². The smallest absolute Gasteiger partial charge is 0.0104 e. The Hall–Kier alpha value is -0.0800. The van der Waals surface area contributed by atoms with E-state index in [2.05, 4.69) is 17.3 Å². The SMILES string of the molecule is CNCCC1CC2CCC(C1)N2C1CC1. The van der Waals surface area contributed by atoms with Crippen LogP contribution in [0.2, 0.25) is 0 Å². The van der Waals surface area contributed by atoms with Gasteiger partial charge in [0.25, 0.3) is 0 Å². The number of nitrogens with zero attached hydrogens (tertiary/aromatic N) is 1. The van der Waals surface area contributed by atoms with E-state index in [9.17, 15) is 0 Å². The highest BCUT2D eigenvalue weighted by Gasteiger charge is 2.46. The minimum Gasteiger partial charge on any atom is -0.320 e. The predicted octanol–water partition coefficient (Wildman–Crippen LogP) is 2.00. The van der Waals surface area contributed by atoms with Crippen LogP contribution in [-0.4, -0.2) is 36.6 Å². The lowest BCUT2D eigenvalue weighted by molar-refractivity contribution is 0.0926. The van der Waals surface area contributed by atoms with Crippen molar-refractivity contribution >= 4 is 0 Å². The second-order valence-corrected chi connectivity index (χ2v) is 5.79. The van der Waals surface area contributed by atoms with Crippen LogP contribution in [0.25, 0.3) is 0 Å². The van der Waals surface area contributed by atoms with Gasteiger partial charge in [0.15, 0.2) is 0 Å². The zero-order valence-corrected chi connectivity index (χ0v) is 9.91. The van der Waals surface area contributed by atoms with Crippen molar-refractivity contribution in [2.75, 3.05) is 13.6 Å². The molecule has 0 aromatic heterocycles. The van der Waals surface area contributed by atoms with E-state index >= 15 is 0 Å². The molecule has 2 nitrogen and oxygen atoms in total. The summed E-state index contributed by atoms with van der Waals surface area (Å²) in [5.41, 5.74) is 0. The molecule has 2 heteroatoms. The summed E-state index contributed by atoms with van der Waals surface area (Å²) in [6.45, 7) is 1.22. The maximum Gasteiger partial charge on any atom is 0.0104 e. The Balaban J connectivity index is 1.58. The molecule has 0 radical (unpaired) electrons. The summed E-state index contributed by atoms with van der Waals surface area (Å²) in [6, 6.07) is 2.95. The van der Waals surface area contributed by atoms with Gasteiger partial charge in [-0.15, -0.1) is 0 Å². The molecule has 0 amide bonds. The van der Waals surface area contributed by atoms with Gasteiger partial charge in [-0.25, -0.2) is 0 Å². The lowest BCUT2D eigenvalue weighted by atomic mass is 9.88. The Kier molecular flexibility index (Phi) is 2.73. The van der Waals surface area contributed by atoms with Crippen LogP contribution in [0.5, 0.6) is 0 Å². The van der Waals surface area contributed by atoms with Crippen LogP contribution >= 0.6 is 0 Å². The molecule has 2 unspecified atom stereocenters. The molecule has 0 aromatic rings. The van der Waals surface area contributed by atoms with Crippen molar-refractivity contribution in [1.82, 2.24) is 10.2 Å². The first-order valence-corrected chi connectivity index (χ1v) is 6.80. The summed E-state index contributed by atoms with van der Waals surface area (Å²) in [6.07, 6.45) is 10.4. The van der Waals surface area contributed by atoms with E-state index in [1.807, 2.05) is 0 Å². The highest BCUT2D eigenvalue weighted by atomic mass is 15.3. The van der Waals surface area contributed by atoms with E-state index in [-0.39, 0.29) is 0 Å². The Labute approximate surface area is 93.4 Å². The standard InChI is InChI=1S/C13H24N2/c1-14-7-6-10-8-12-4-5-13(9-10)15(12)11-2-3-11/h10-14H,2-9H2,1H3. The lowest BCUT2D eigenvalue weighted by Crippen LogP contribution is -2.44. The number of hydrogen-bond acceptors (Lipinski definition) is 2. The summed E-state index contributed by atoms with van der Waals surface area (Å²) < 4.78 is 0. The number of fused-ring (bicyclic) bond motifs is 2. The average molecular weight is 208 g/mol. The second kappa shape index (κ2) is 4.06. The zero-order chi connectivity index (χ0) is 10.3. The number of rotatable bonds is 4. The van der Waals surface area contributed by atoms with Gasteiger partial charge in [0.2, 0.25) is 0 Å². The second-order valence-electron chi connectivity index (χ2n) is 5.79. The summed E-state index contributed by atoms with van der Waals surface area (Å²) >= 11 is 0. The molecule has 15 heavy (non-hydrogen) atoms. The van der Waals surface area contributed by atoms with Gasteiger partial charge < -0.3 is 5.32 Å². The average Bonchev–Trinajstić information content (AvgIpc) is 3.04. The third-order valence-electron chi connectivity index (χ3n) is 4.66. The molecule has 2 heterocycles. The van der Waals surface area contributed by atoms with Crippen molar-refractivity contribution in [2.45, 2.75) is 63.1 Å². The van der Waals surface area contributed by atoms with Crippen LogP contribution < -0.4 is 5.32 Å². The Morgan fingerprint density at radius 3 is 2.13 bits per heavy atom. The van der Waals surface area contributed by atoms with Crippen LogP contribution in [0.4, 0.5) is 0 Å². The molecule has 1 saturated carbocycles. The fraction of sp³-hybridized carbons (Fsp3) is 1.00. The Morgan fingerprint density at radius 1 is 1.00 bits per heavy atom. The first-order valence-electron chi connectivity index (χ1n) is 6.80. The minimum atomic E-state index is 0.970. The van der Waals surface area contributed by atoms with E-state index in [1.165, 1.54) is 51.5 Å². The van der Waals surface area contributed by atoms with E-state index in [1.54, 1.807) is 0 Å². The molecule has 2 bridgehead atoms. The Bertz CT molecular complexity index is 211. The fourth-order valence-electron chi connectivity index (χ4n) is 3.88. The largest absolute Gasteiger partial charge is 0.320 e. The molecule has 2 saturated heterocycles. The summed E-state index contributed by atoms with van der Waals surface area (Å²) in [5, 5.41) is 3.30. The molecule has 2 aliphatic heterocycles. The molecule has 86 valence electrons. The first kappa shape index (κ1) is 10.1. The molecule has 2 atom stereocenters. The van der Waals surface area contributed by atoms with Crippen molar-refractivity contribution in [1.29, 1.82) is 0 Å². The molecular weight excluding hydrogens is 184 g/mol. The van der Waals surface area contributed by atoms with E-state index < -0.39 is 0 Å². The minimum absolute atomic E-state index is 0.970. The van der Waals surface area contributed by atoms with Crippen LogP contribution in [0, 0.1) is 5.92 Å². The van der Waals surface area contributed by atoms with E-state index in [0.29, 0.717) is 0 Å². The molecule has 1 N–H and O–H groups in total. The third kappa shape index (κ3) is 1.94. The van der Waals surface area contributed by atoms with Gasteiger partial charge in [0, 0.05) is 18.1 Å². The Morgan fingerprint density at radius 2 is 1.60 bits per heavy atom. The summed E-state index contributed by atoms with van der Waals surface area (Å²) in [4.78, 5) is 2.90. The van der Waals surface area contributed by atoms with Gasteiger partial charge in [0.1, 0.15) is 0 Å². The van der Waals surface area contributed by atoms with Gasteiger partial charge in [0.05, 0.1) is 0 Å². The third-order valence-corrected chi connectivity index (χ3v) is 4.66.